The van der Waals surface area contributed by atoms with Gasteiger partial charge in [-0.3, -0.25) is 19.8 Å². The number of hydrogen-bond donors (Lipinski definition) is 3. The van der Waals surface area contributed by atoms with Crippen molar-refractivity contribution in [2.75, 3.05) is 18.9 Å². The van der Waals surface area contributed by atoms with Crippen LogP contribution in [0.25, 0.3) is 0 Å². The SMILES string of the molecule is CN(CC(=O)Nc1c(Cl)cccc1Cl)[C@@H](C(=O)NC(N)=O)c1ccccc1. The van der Waals surface area contributed by atoms with Gasteiger partial charge in [-0.2, -0.15) is 0 Å². The van der Waals surface area contributed by atoms with E-state index in [-0.39, 0.29) is 12.2 Å². The maximum Gasteiger partial charge on any atom is 0.318 e. The van der Waals surface area contributed by atoms with Gasteiger partial charge in [0.15, 0.2) is 0 Å². The van der Waals surface area contributed by atoms with Crippen LogP contribution in [0.1, 0.15) is 11.6 Å². The lowest BCUT2D eigenvalue weighted by atomic mass is 10.0. The third-order valence-corrected chi connectivity index (χ3v) is 4.30. The van der Waals surface area contributed by atoms with E-state index in [1.807, 2.05) is 5.32 Å². The van der Waals surface area contributed by atoms with Crippen molar-refractivity contribution in [3.05, 3.63) is 64.1 Å². The summed E-state index contributed by atoms with van der Waals surface area (Å²) < 4.78 is 0. The summed E-state index contributed by atoms with van der Waals surface area (Å²) >= 11 is 12.1. The van der Waals surface area contributed by atoms with E-state index in [2.05, 4.69) is 5.32 Å². The van der Waals surface area contributed by atoms with Crippen molar-refractivity contribution in [3.63, 3.8) is 0 Å². The second-order valence-electron chi connectivity index (χ2n) is 5.73. The van der Waals surface area contributed by atoms with Crippen LogP contribution in [0.3, 0.4) is 0 Å². The molecule has 0 unspecified atom stereocenters. The van der Waals surface area contributed by atoms with Crippen LogP contribution >= 0.6 is 23.2 Å². The topological polar surface area (TPSA) is 105 Å². The molecule has 27 heavy (non-hydrogen) atoms. The fourth-order valence-electron chi connectivity index (χ4n) is 2.55. The largest absolute Gasteiger partial charge is 0.351 e. The number of primary amides is 1. The lowest BCUT2D eigenvalue weighted by molar-refractivity contribution is -0.126. The van der Waals surface area contributed by atoms with Gasteiger partial charge in [-0.1, -0.05) is 59.6 Å². The Hall–Kier alpha value is -2.61. The number of urea groups is 1. The van der Waals surface area contributed by atoms with Crippen LogP contribution in [0, 0.1) is 0 Å². The standard InChI is InChI=1S/C18H18Cl2N4O3/c1-24(10-14(25)22-15-12(19)8-5-9-13(15)20)16(17(26)23-18(21)27)11-6-3-2-4-7-11/h2-9,16H,10H2,1H3,(H,22,25)(H3,21,23,26,27)/t16-/m1/s1. The summed E-state index contributed by atoms with van der Waals surface area (Å²) in [7, 11) is 1.58. The number of carbonyl (C=O) groups is 3. The van der Waals surface area contributed by atoms with Crippen LogP contribution < -0.4 is 16.4 Å². The number of nitrogens with one attached hydrogen (secondary N) is 2. The van der Waals surface area contributed by atoms with E-state index in [0.717, 1.165) is 0 Å². The molecule has 1 atom stereocenters. The molecule has 0 aliphatic heterocycles. The van der Waals surface area contributed by atoms with E-state index < -0.39 is 23.9 Å². The molecule has 0 saturated heterocycles. The Bertz CT molecular complexity index is 826. The van der Waals surface area contributed by atoms with Crippen molar-refractivity contribution < 1.29 is 14.4 Å². The molecule has 2 aromatic rings. The number of carbonyl (C=O) groups excluding carboxylic acids is 3. The first-order valence-electron chi connectivity index (χ1n) is 7.89. The molecular weight excluding hydrogens is 391 g/mol. The van der Waals surface area contributed by atoms with E-state index in [4.69, 9.17) is 28.9 Å². The molecule has 2 aromatic carbocycles. The quantitative estimate of drug-likeness (QED) is 0.683. The number of imide groups is 1. The number of likely N-dealkylation sites (N-methyl/N-ethyl adjacent to an activating group) is 1. The van der Waals surface area contributed by atoms with E-state index in [9.17, 15) is 14.4 Å². The summed E-state index contributed by atoms with van der Waals surface area (Å²) in [4.78, 5) is 37.4. The van der Waals surface area contributed by atoms with Crippen molar-refractivity contribution in [1.82, 2.24) is 10.2 Å². The number of hydrogen-bond acceptors (Lipinski definition) is 4. The summed E-state index contributed by atoms with van der Waals surface area (Å²) in [5.74, 6) is -1.07. The smallest absolute Gasteiger partial charge is 0.318 e. The fraction of sp³-hybridized carbons (Fsp3) is 0.167. The monoisotopic (exact) mass is 408 g/mol. The lowest BCUT2D eigenvalue weighted by Crippen LogP contribution is -2.45. The van der Waals surface area contributed by atoms with Crippen LogP contribution in [-0.2, 0) is 9.59 Å². The highest BCUT2D eigenvalue weighted by atomic mass is 35.5. The van der Waals surface area contributed by atoms with Crippen LogP contribution in [0.15, 0.2) is 48.5 Å². The zero-order valence-electron chi connectivity index (χ0n) is 14.4. The van der Waals surface area contributed by atoms with Crippen molar-refractivity contribution in [2.24, 2.45) is 5.73 Å². The first-order valence-corrected chi connectivity index (χ1v) is 8.64. The van der Waals surface area contributed by atoms with Crippen molar-refractivity contribution in [2.45, 2.75) is 6.04 Å². The maximum absolute atomic E-state index is 12.4. The Labute approximate surface area is 166 Å². The van der Waals surface area contributed by atoms with Crippen LogP contribution in [-0.4, -0.2) is 36.3 Å². The van der Waals surface area contributed by atoms with Gasteiger partial charge in [0.05, 0.1) is 22.3 Å². The summed E-state index contributed by atoms with van der Waals surface area (Å²) in [6.07, 6.45) is 0. The molecule has 0 aromatic heterocycles. The van der Waals surface area contributed by atoms with Gasteiger partial charge in [-0.25, -0.2) is 4.79 Å². The number of nitrogens with two attached hydrogens (primary N) is 1. The highest BCUT2D eigenvalue weighted by molar-refractivity contribution is 6.39. The summed E-state index contributed by atoms with van der Waals surface area (Å²) in [5.41, 5.74) is 5.94. The Morgan fingerprint density at radius 3 is 2.19 bits per heavy atom. The molecule has 9 heteroatoms. The number of nitrogens with zero attached hydrogens (tertiary/aromatic N) is 1. The lowest BCUT2D eigenvalue weighted by Gasteiger charge is -2.26. The predicted molar refractivity (Wildman–Crippen MR) is 105 cm³/mol. The molecule has 0 bridgehead atoms. The Balaban J connectivity index is 2.17. The number of rotatable bonds is 6. The molecule has 4 amide bonds. The number of halogens is 2. The number of anilines is 1. The van der Waals surface area contributed by atoms with Gasteiger partial charge in [-0.05, 0) is 24.7 Å². The normalized spacial score (nSPS) is 11.7. The van der Waals surface area contributed by atoms with Gasteiger partial charge in [-0.15, -0.1) is 0 Å². The second kappa shape index (κ2) is 9.36. The molecule has 0 fully saturated rings. The van der Waals surface area contributed by atoms with Crippen molar-refractivity contribution in [3.8, 4) is 0 Å². The molecular formula is C18H18Cl2N4O3. The second-order valence-corrected chi connectivity index (χ2v) is 6.54. The molecule has 0 radical (unpaired) electrons. The van der Waals surface area contributed by atoms with E-state index in [1.165, 1.54) is 4.90 Å². The highest BCUT2D eigenvalue weighted by Crippen LogP contribution is 2.30. The predicted octanol–water partition coefficient (Wildman–Crippen LogP) is 2.80. The molecule has 7 nitrogen and oxygen atoms in total. The molecule has 4 N–H and O–H groups in total. The van der Waals surface area contributed by atoms with E-state index in [0.29, 0.717) is 15.6 Å². The third kappa shape index (κ3) is 5.68. The molecule has 0 spiro atoms. The fourth-order valence-corrected chi connectivity index (χ4v) is 3.04. The third-order valence-electron chi connectivity index (χ3n) is 3.67. The average Bonchev–Trinajstić information content (AvgIpc) is 2.58. The molecule has 2 rings (SSSR count). The summed E-state index contributed by atoms with van der Waals surface area (Å²) in [6, 6.07) is 11.7. The van der Waals surface area contributed by atoms with Crippen LogP contribution in [0.5, 0.6) is 0 Å². The number of benzene rings is 2. The zero-order chi connectivity index (χ0) is 20.0. The summed E-state index contributed by atoms with van der Waals surface area (Å²) in [5, 5.41) is 5.27. The Kier molecular flexibility index (Phi) is 7.18. The zero-order valence-corrected chi connectivity index (χ0v) is 15.9. The van der Waals surface area contributed by atoms with Gasteiger partial charge in [0, 0.05) is 0 Å². The first-order chi connectivity index (χ1) is 12.8. The molecule has 0 heterocycles. The molecule has 0 saturated carbocycles. The van der Waals surface area contributed by atoms with Crippen LogP contribution in [0.2, 0.25) is 10.0 Å². The van der Waals surface area contributed by atoms with Gasteiger partial charge >= 0.3 is 6.03 Å². The van der Waals surface area contributed by atoms with Crippen LogP contribution in [0.4, 0.5) is 10.5 Å². The Morgan fingerprint density at radius 2 is 1.63 bits per heavy atom. The highest BCUT2D eigenvalue weighted by Gasteiger charge is 2.27. The van der Waals surface area contributed by atoms with E-state index >= 15 is 0 Å². The summed E-state index contributed by atoms with van der Waals surface area (Å²) in [6.45, 7) is -0.159. The van der Waals surface area contributed by atoms with Crippen molar-refractivity contribution in [1.29, 1.82) is 0 Å². The maximum atomic E-state index is 12.4. The molecule has 0 aliphatic carbocycles. The minimum atomic E-state index is -0.971. The molecule has 142 valence electrons. The average molecular weight is 409 g/mol. The number of para-hydroxylation sites is 1. The van der Waals surface area contributed by atoms with Gasteiger partial charge in [0.1, 0.15) is 6.04 Å². The molecule has 0 aliphatic rings. The van der Waals surface area contributed by atoms with Gasteiger partial charge in [0.2, 0.25) is 11.8 Å². The van der Waals surface area contributed by atoms with Gasteiger partial charge in [0.25, 0.3) is 0 Å². The minimum absolute atomic E-state index is 0.159. The number of amides is 4. The minimum Gasteiger partial charge on any atom is -0.351 e. The Morgan fingerprint density at radius 1 is 1.04 bits per heavy atom. The van der Waals surface area contributed by atoms with Crippen molar-refractivity contribution >= 4 is 46.7 Å². The first kappa shape index (κ1) is 20.7. The van der Waals surface area contributed by atoms with E-state index in [1.54, 1.807) is 55.6 Å². The van der Waals surface area contributed by atoms with Gasteiger partial charge < -0.3 is 11.1 Å².